The number of carbonyl (C=O) groups excluding carboxylic acids is 1. The zero-order valence-corrected chi connectivity index (χ0v) is 18.2. The third-order valence-corrected chi connectivity index (χ3v) is 6.20. The van der Waals surface area contributed by atoms with Crippen LogP contribution in [-0.4, -0.2) is 27.0 Å². The molecule has 5 nitrogen and oxygen atoms in total. The van der Waals surface area contributed by atoms with Gasteiger partial charge in [0.15, 0.2) is 5.13 Å². The van der Waals surface area contributed by atoms with Gasteiger partial charge in [0.1, 0.15) is 5.82 Å². The molecule has 0 aliphatic carbocycles. The molecule has 0 atom stereocenters. The Morgan fingerprint density at radius 2 is 2.17 bits per heavy atom. The van der Waals surface area contributed by atoms with Crippen LogP contribution in [0.4, 0.5) is 9.52 Å². The van der Waals surface area contributed by atoms with Crippen LogP contribution in [-0.2, 0) is 6.54 Å². The van der Waals surface area contributed by atoms with Crippen molar-refractivity contribution in [1.29, 1.82) is 0 Å². The van der Waals surface area contributed by atoms with Gasteiger partial charge in [-0.05, 0) is 36.8 Å². The van der Waals surface area contributed by atoms with Crippen molar-refractivity contribution in [3.63, 3.8) is 0 Å². The number of amides is 1. The predicted octanol–water partition coefficient (Wildman–Crippen LogP) is 5.78. The van der Waals surface area contributed by atoms with Gasteiger partial charge >= 0.3 is 0 Å². The van der Waals surface area contributed by atoms with Crippen molar-refractivity contribution in [2.75, 3.05) is 11.4 Å². The number of imidazole rings is 1. The van der Waals surface area contributed by atoms with Crippen LogP contribution >= 0.6 is 38.9 Å². The van der Waals surface area contributed by atoms with Crippen LogP contribution in [0.15, 0.2) is 59.6 Å². The zero-order valence-electron chi connectivity index (χ0n) is 15.1. The van der Waals surface area contributed by atoms with Gasteiger partial charge in [-0.3, -0.25) is 9.69 Å². The maximum Gasteiger partial charge on any atom is 0.264 e. The Bertz CT molecular complexity index is 1140. The van der Waals surface area contributed by atoms with Crippen LogP contribution in [0.1, 0.15) is 16.8 Å². The SMILES string of the molecule is O=C(c1c(F)cccc1Cl)N(CCCn1ccnc1)c1nc2ccc(Br)cc2s1. The van der Waals surface area contributed by atoms with E-state index in [9.17, 15) is 9.18 Å². The van der Waals surface area contributed by atoms with E-state index in [4.69, 9.17) is 11.6 Å². The maximum absolute atomic E-state index is 14.4. The molecule has 4 aromatic rings. The molecule has 29 heavy (non-hydrogen) atoms. The molecule has 0 aliphatic heterocycles. The molecule has 0 unspecified atom stereocenters. The smallest absolute Gasteiger partial charge is 0.264 e. The van der Waals surface area contributed by atoms with Crippen molar-refractivity contribution >= 4 is 60.1 Å². The van der Waals surface area contributed by atoms with Crippen LogP contribution in [0.2, 0.25) is 5.02 Å². The van der Waals surface area contributed by atoms with E-state index in [1.165, 1.54) is 34.4 Å². The van der Waals surface area contributed by atoms with Crippen molar-refractivity contribution in [3.8, 4) is 0 Å². The van der Waals surface area contributed by atoms with Gasteiger partial charge < -0.3 is 4.57 Å². The fraction of sp³-hybridized carbons (Fsp3) is 0.150. The molecule has 4 rings (SSSR count). The Balaban J connectivity index is 1.68. The normalized spacial score (nSPS) is 11.1. The molecular weight excluding hydrogens is 479 g/mol. The zero-order chi connectivity index (χ0) is 20.4. The van der Waals surface area contributed by atoms with Crippen LogP contribution in [0, 0.1) is 5.82 Å². The van der Waals surface area contributed by atoms with E-state index >= 15 is 0 Å². The van der Waals surface area contributed by atoms with Crippen LogP contribution in [0.5, 0.6) is 0 Å². The summed E-state index contributed by atoms with van der Waals surface area (Å²) in [6.07, 6.45) is 5.92. The van der Waals surface area contributed by atoms with Crippen molar-refractivity contribution < 1.29 is 9.18 Å². The van der Waals surface area contributed by atoms with E-state index in [-0.39, 0.29) is 10.6 Å². The third kappa shape index (κ3) is 4.34. The highest BCUT2D eigenvalue weighted by atomic mass is 79.9. The van der Waals surface area contributed by atoms with E-state index in [2.05, 4.69) is 25.9 Å². The summed E-state index contributed by atoms with van der Waals surface area (Å²) in [5.74, 6) is -1.15. The largest absolute Gasteiger partial charge is 0.337 e. The van der Waals surface area contributed by atoms with Crippen LogP contribution < -0.4 is 4.90 Å². The highest BCUT2D eigenvalue weighted by Crippen LogP contribution is 2.33. The summed E-state index contributed by atoms with van der Waals surface area (Å²) >= 11 is 11.0. The molecule has 0 fully saturated rings. The standard InChI is InChI=1S/C20H15BrClFN4OS/c21-13-5-6-16-17(11-13)29-20(25-16)27(9-2-8-26-10-7-24-12-26)19(28)18-14(22)3-1-4-15(18)23/h1,3-7,10-12H,2,8-9H2. The minimum atomic E-state index is -0.647. The Kier molecular flexibility index (Phi) is 5.94. The van der Waals surface area contributed by atoms with Gasteiger partial charge in [0.25, 0.3) is 5.91 Å². The topological polar surface area (TPSA) is 51.0 Å². The Hall–Kier alpha value is -2.29. The summed E-state index contributed by atoms with van der Waals surface area (Å²) < 4.78 is 18.2. The molecule has 2 aromatic carbocycles. The summed E-state index contributed by atoms with van der Waals surface area (Å²) in [7, 11) is 0. The monoisotopic (exact) mass is 492 g/mol. The number of hydrogen-bond donors (Lipinski definition) is 0. The van der Waals surface area contributed by atoms with E-state index < -0.39 is 11.7 Å². The first-order valence-corrected chi connectivity index (χ1v) is 10.8. The molecule has 2 aromatic heterocycles. The van der Waals surface area contributed by atoms with Gasteiger partial charge in [0, 0.05) is 30.0 Å². The number of carbonyl (C=O) groups is 1. The molecular formula is C20H15BrClFN4OS. The molecule has 148 valence electrons. The van der Waals surface area contributed by atoms with Gasteiger partial charge in [-0.2, -0.15) is 0 Å². The number of thiazole rings is 1. The molecule has 2 heterocycles. The summed E-state index contributed by atoms with van der Waals surface area (Å²) in [6, 6.07) is 9.94. The highest BCUT2D eigenvalue weighted by Gasteiger charge is 2.25. The third-order valence-electron chi connectivity index (χ3n) is 4.35. The number of hydrogen-bond acceptors (Lipinski definition) is 4. The second-order valence-electron chi connectivity index (χ2n) is 6.32. The number of rotatable bonds is 6. The molecule has 0 N–H and O–H groups in total. The van der Waals surface area contributed by atoms with Gasteiger partial charge in [-0.15, -0.1) is 0 Å². The Labute approximate surface area is 183 Å². The molecule has 0 saturated heterocycles. The molecule has 0 bridgehead atoms. The van der Waals surface area contributed by atoms with E-state index in [1.54, 1.807) is 12.5 Å². The van der Waals surface area contributed by atoms with Crippen LogP contribution in [0.3, 0.4) is 0 Å². The van der Waals surface area contributed by atoms with Gasteiger partial charge in [0.2, 0.25) is 0 Å². The lowest BCUT2D eigenvalue weighted by molar-refractivity contribution is 0.0982. The summed E-state index contributed by atoms with van der Waals surface area (Å²) in [5.41, 5.74) is 0.637. The second kappa shape index (κ2) is 8.61. The number of fused-ring (bicyclic) bond motifs is 1. The number of benzene rings is 2. The number of aryl methyl sites for hydroxylation is 1. The predicted molar refractivity (Wildman–Crippen MR) is 117 cm³/mol. The van der Waals surface area contributed by atoms with Crippen molar-refractivity contribution in [1.82, 2.24) is 14.5 Å². The van der Waals surface area contributed by atoms with E-state index in [1.807, 2.05) is 29.0 Å². The first-order chi connectivity index (χ1) is 14.0. The molecule has 0 spiro atoms. The number of aromatic nitrogens is 3. The molecule has 0 aliphatic rings. The van der Waals surface area contributed by atoms with Crippen molar-refractivity contribution in [2.24, 2.45) is 0 Å². The van der Waals surface area contributed by atoms with Gasteiger partial charge in [0.05, 0.1) is 27.1 Å². The second-order valence-corrected chi connectivity index (χ2v) is 8.65. The summed E-state index contributed by atoms with van der Waals surface area (Å²) in [6.45, 7) is 1.04. The number of anilines is 1. The molecule has 9 heteroatoms. The van der Waals surface area contributed by atoms with Crippen molar-refractivity contribution in [3.05, 3.63) is 76.0 Å². The average molecular weight is 494 g/mol. The summed E-state index contributed by atoms with van der Waals surface area (Å²) in [5, 5.41) is 0.589. The lowest BCUT2D eigenvalue weighted by atomic mass is 10.2. The van der Waals surface area contributed by atoms with E-state index in [0.717, 1.165) is 14.7 Å². The first-order valence-electron chi connectivity index (χ1n) is 8.80. The molecule has 0 radical (unpaired) electrons. The van der Waals surface area contributed by atoms with Crippen molar-refractivity contribution in [2.45, 2.75) is 13.0 Å². The van der Waals surface area contributed by atoms with E-state index in [0.29, 0.717) is 24.6 Å². The Morgan fingerprint density at radius 1 is 1.31 bits per heavy atom. The lowest BCUT2D eigenvalue weighted by Crippen LogP contribution is -2.33. The highest BCUT2D eigenvalue weighted by molar-refractivity contribution is 9.10. The number of nitrogens with zero attached hydrogens (tertiary/aromatic N) is 4. The van der Waals surface area contributed by atoms with Gasteiger partial charge in [-0.25, -0.2) is 14.4 Å². The number of halogens is 3. The minimum Gasteiger partial charge on any atom is -0.337 e. The minimum absolute atomic E-state index is 0.0819. The van der Waals surface area contributed by atoms with Crippen LogP contribution in [0.25, 0.3) is 10.2 Å². The molecule has 0 saturated carbocycles. The first kappa shape index (κ1) is 20.0. The lowest BCUT2D eigenvalue weighted by Gasteiger charge is -2.21. The summed E-state index contributed by atoms with van der Waals surface area (Å²) in [4.78, 5) is 23.4. The average Bonchev–Trinajstić information content (AvgIpc) is 3.34. The fourth-order valence-electron chi connectivity index (χ4n) is 2.95. The quantitative estimate of drug-likeness (QED) is 0.342. The molecule has 1 amide bonds. The fourth-order valence-corrected chi connectivity index (χ4v) is 4.74. The Morgan fingerprint density at radius 3 is 2.93 bits per heavy atom. The van der Waals surface area contributed by atoms with Gasteiger partial charge in [-0.1, -0.05) is 44.9 Å². The maximum atomic E-state index is 14.4.